The molecule has 1 heterocycles. The van der Waals surface area contributed by atoms with Crippen LogP contribution in [-0.2, 0) is 25.5 Å². The fourth-order valence-corrected chi connectivity index (χ4v) is 3.95. The Labute approximate surface area is 160 Å². The maximum atomic E-state index is 12.9. The van der Waals surface area contributed by atoms with E-state index in [2.05, 4.69) is 24.0 Å². The summed E-state index contributed by atoms with van der Waals surface area (Å²) in [6.45, 7) is 4.50. The highest BCUT2D eigenvalue weighted by Gasteiger charge is 2.43. The van der Waals surface area contributed by atoms with Gasteiger partial charge in [-0.2, -0.15) is 0 Å². The summed E-state index contributed by atoms with van der Waals surface area (Å²) in [7, 11) is 1.57. The minimum absolute atomic E-state index is 0.103. The third-order valence-electron chi connectivity index (χ3n) is 5.37. The van der Waals surface area contributed by atoms with Crippen LogP contribution in [0.2, 0.25) is 0 Å². The van der Waals surface area contributed by atoms with Crippen molar-refractivity contribution in [1.29, 1.82) is 0 Å². The summed E-state index contributed by atoms with van der Waals surface area (Å²) in [4.78, 5) is 30.3. The second-order valence-corrected chi connectivity index (χ2v) is 7.10. The van der Waals surface area contributed by atoms with Gasteiger partial charge in [-0.15, -0.1) is 0 Å². The van der Waals surface area contributed by atoms with E-state index in [4.69, 9.17) is 9.47 Å². The molecule has 0 aromatic heterocycles. The van der Waals surface area contributed by atoms with Gasteiger partial charge in [0.1, 0.15) is 12.5 Å². The topological polar surface area (TPSA) is 65.0 Å². The van der Waals surface area contributed by atoms with Crippen molar-refractivity contribution in [3.8, 4) is 0 Å². The molecule has 5 nitrogen and oxygen atoms in total. The molecule has 0 unspecified atom stereocenters. The van der Waals surface area contributed by atoms with Crippen molar-refractivity contribution in [3.63, 3.8) is 0 Å². The number of hydrogen-bond acceptors (Lipinski definition) is 5. The van der Waals surface area contributed by atoms with Gasteiger partial charge in [0.25, 0.3) is 0 Å². The number of ether oxygens (including phenoxy) is 2. The minimum Gasteiger partial charge on any atom is -0.463 e. The number of aliphatic imine (C=N–C) groups is 1. The van der Waals surface area contributed by atoms with Crippen LogP contribution in [0.25, 0.3) is 0 Å². The Hall–Kier alpha value is -2.27. The molecule has 1 aromatic rings. The van der Waals surface area contributed by atoms with E-state index in [-0.39, 0.29) is 24.3 Å². The van der Waals surface area contributed by atoms with Crippen LogP contribution in [0.1, 0.15) is 50.2 Å². The first-order valence-corrected chi connectivity index (χ1v) is 9.62. The van der Waals surface area contributed by atoms with E-state index in [0.29, 0.717) is 18.6 Å². The molecule has 0 spiro atoms. The average molecular weight is 369 g/mol. The maximum Gasteiger partial charge on any atom is 0.315 e. The van der Waals surface area contributed by atoms with Crippen molar-refractivity contribution in [3.05, 3.63) is 46.7 Å². The molecular formula is C22H27NO4. The number of Topliss-reactive ketones (excluding diaryl/α,β-unsaturated/α-hetero) is 1. The number of rotatable bonds is 6. The normalized spacial score (nSPS) is 22.3. The number of methoxy groups -OCH3 is 1. The molecule has 0 saturated heterocycles. The summed E-state index contributed by atoms with van der Waals surface area (Å²) in [6.07, 6.45) is 3.06. The van der Waals surface area contributed by atoms with E-state index in [0.717, 1.165) is 36.2 Å². The molecule has 5 heteroatoms. The van der Waals surface area contributed by atoms with Gasteiger partial charge in [0, 0.05) is 36.4 Å². The van der Waals surface area contributed by atoms with Gasteiger partial charge in [-0.25, -0.2) is 0 Å². The Kier molecular flexibility index (Phi) is 6.22. The standard InChI is InChI=1S/C22H27NO4/c1-4-15-8-10-16(11-9-15)20-19(22(25)27-13-12-26-3)14(2)23-17-6-5-7-18(24)21(17)20/h8-11,19-20H,4-7,12-13H2,1-3H3/t19-,20+/m1/s1. The van der Waals surface area contributed by atoms with Crippen molar-refractivity contribution in [1.82, 2.24) is 0 Å². The maximum absolute atomic E-state index is 12.9. The lowest BCUT2D eigenvalue weighted by Crippen LogP contribution is -2.37. The molecule has 0 radical (unpaired) electrons. The molecule has 0 bridgehead atoms. The van der Waals surface area contributed by atoms with E-state index in [1.54, 1.807) is 7.11 Å². The Bertz CT molecular complexity index is 776. The third kappa shape index (κ3) is 4.03. The number of benzene rings is 1. The molecular weight excluding hydrogens is 342 g/mol. The van der Waals surface area contributed by atoms with Gasteiger partial charge >= 0.3 is 5.97 Å². The monoisotopic (exact) mass is 369 g/mol. The number of ketones is 1. The molecule has 2 atom stereocenters. The van der Waals surface area contributed by atoms with Gasteiger partial charge in [-0.3, -0.25) is 14.6 Å². The van der Waals surface area contributed by atoms with Gasteiger partial charge in [-0.05, 0) is 37.3 Å². The lowest BCUT2D eigenvalue weighted by atomic mass is 9.71. The first-order chi connectivity index (χ1) is 13.1. The highest BCUT2D eigenvalue weighted by atomic mass is 16.6. The van der Waals surface area contributed by atoms with Gasteiger partial charge < -0.3 is 9.47 Å². The molecule has 1 aliphatic heterocycles. The van der Waals surface area contributed by atoms with Crippen LogP contribution in [0, 0.1) is 5.92 Å². The molecule has 1 aliphatic carbocycles. The Morgan fingerprint density at radius 2 is 1.93 bits per heavy atom. The first-order valence-electron chi connectivity index (χ1n) is 9.62. The van der Waals surface area contributed by atoms with Crippen molar-refractivity contribution in [2.24, 2.45) is 10.9 Å². The van der Waals surface area contributed by atoms with E-state index in [1.165, 1.54) is 5.56 Å². The van der Waals surface area contributed by atoms with Crippen molar-refractivity contribution < 1.29 is 19.1 Å². The Balaban J connectivity index is 2.02. The molecule has 2 aliphatic rings. The summed E-state index contributed by atoms with van der Waals surface area (Å²) in [5.41, 5.74) is 4.45. The van der Waals surface area contributed by atoms with Crippen molar-refractivity contribution in [2.75, 3.05) is 20.3 Å². The zero-order chi connectivity index (χ0) is 19.4. The van der Waals surface area contributed by atoms with E-state index < -0.39 is 5.92 Å². The van der Waals surface area contributed by atoms with Crippen LogP contribution in [0.3, 0.4) is 0 Å². The van der Waals surface area contributed by atoms with Gasteiger partial charge in [-0.1, -0.05) is 31.2 Å². The molecule has 3 rings (SSSR count). The predicted molar refractivity (Wildman–Crippen MR) is 104 cm³/mol. The highest BCUT2D eigenvalue weighted by Crippen LogP contribution is 2.43. The molecule has 0 amide bonds. The Morgan fingerprint density at radius 3 is 2.59 bits per heavy atom. The number of carbonyl (C=O) groups is 2. The fourth-order valence-electron chi connectivity index (χ4n) is 3.95. The molecule has 27 heavy (non-hydrogen) atoms. The van der Waals surface area contributed by atoms with Crippen LogP contribution in [-0.4, -0.2) is 37.8 Å². The molecule has 144 valence electrons. The highest BCUT2D eigenvalue weighted by molar-refractivity contribution is 6.08. The quantitative estimate of drug-likeness (QED) is 0.567. The number of hydrogen-bond donors (Lipinski definition) is 0. The van der Waals surface area contributed by atoms with Crippen molar-refractivity contribution >= 4 is 17.5 Å². The van der Waals surface area contributed by atoms with E-state index >= 15 is 0 Å². The zero-order valence-electron chi connectivity index (χ0n) is 16.3. The molecule has 0 fully saturated rings. The second-order valence-electron chi connectivity index (χ2n) is 7.10. The van der Waals surface area contributed by atoms with E-state index in [9.17, 15) is 9.59 Å². The number of aryl methyl sites for hydroxylation is 1. The zero-order valence-corrected chi connectivity index (χ0v) is 16.3. The van der Waals surface area contributed by atoms with Gasteiger partial charge in [0.2, 0.25) is 0 Å². The average Bonchev–Trinajstić information content (AvgIpc) is 2.67. The third-order valence-corrected chi connectivity index (χ3v) is 5.37. The lowest BCUT2D eigenvalue weighted by Gasteiger charge is -2.34. The molecule has 1 aromatic carbocycles. The van der Waals surface area contributed by atoms with Crippen LogP contribution >= 0.6 is 0 Å². The van der Waals surface area contributed by atoms with E-state index in [1.807, 2.05) is 19.1 Å². The summed E-state index contributed by atoms with van der Waals surface area (Å²) in [5, 5.41) is 0. The van der Waals surface area contributed by atoms with Crippen LogP contribution in [0.15, 0.2) is 40.5 Å². The van der Waals surface area contributed by atoms with Crippen molar-refractivity contribution in [2.45, 2.75) is 45.4 Å². The number of esters is 1. The number of allylic oxidation sites excluding steroid dienone is 2. The van der Waals surface area contributed by atoms with Crippen LogP contribution in [0.4, 0.5) is 0 Å². The summed E-state index contributed by atoms with van der Waals surface area (Å²) in [5.74, 6) is -1.14. The first kappa shape index (κ1) is 19.5. The SMILES string of the molecule is CCc1ccc([C@@H]2C3=C(CCCC3=O)N=C(C)[C@H]2C(=O)OCCOC)cc1. The smallest absolute Gasteiger partial charge is 0.315 e. The summed E-state index contributed by atoms with van der Waals surface area (Å²) in [6, 6.07) is 8.20. The summed E-state index contributed by atoms with van der Waals surface area (Å²) < 4.78 is 10.4. The van der Waals surface area contributed by atoms with Crippen LogP contribution in [0.5, 0.6) is 0 Å². The van der Waals surface area contributed by atoms with Crippen LogP contribution < -0.4 is 0 Å². The second kappa shape index (κ2) is 8.61. The fraction of sp³-hybridized carbons (Fsp3) is 0.500. The largest absolute Gasteiger partial charge is 0.463 e. The summed E-state index contributed by atoms with van der Waals surface area (Å²) >= 11 is 0. The lowest BCUT2D eigenvalue weighted by molar-refractivity contribution is -0.147. The number of nitrogens with zero attached hydrogens (tertiary/aromatic N) is 1. The molecule has 0 N–H and O–H groups in total. The predicted octanol–water partition coefficient (Wildman–Crippen LogP) is 3.62. The molecule has 0 saturated carbocycles. The number of carbonyl (C=O) groups excluding carboxylic acids is 2. The van der Waals surface area contributed by atoms with Gasteiger partial charge in [0.15, 0.2) is 5.78 Å². The Morgan fingerprint density at radius 1 is 1.19 bits per heavy atom. The minimum atomic E-state index is -0.574. The van der Waals surface area contributed by atoms with Gasteiger partial charge in [0.05, 0.1) is 6.61 Å².